The molecule has 0 bridgehead atoms. The Morgan fingerprint density at radius 1 is 1.35 bits per heavy atom. The summed E-state index contributed by atoms with van der Waals surface area (Å²) in [5, 5.41) is 4.86. The second-order valence-corrected chi connectivity index (χ2v) is 5.99. The second-order valence-electron chi connectivity index (χ2n) is 5.99. The highest BCUT2D eigenvalue weighted by molar-refractivity contribution is 5.83. The minimum absolute atomic E-state index is 0.392. The standard InChI is InChI=1S/C17H24N2O/c1-13(2)18-11-14-5-3-7-17-16(14)8-9-19(17)12-15-6-4-10-20-15/h3,5,7-9,13,15,18H,4,6,10-12H2,1-2H3. The van der Waals surface area contributed by atoms with E-state index in [4.69, 9.17) is 4.74 Å². The van der Waals surface area contributed by atoms with E-state index < -0.39 is 0 Å². The summed E-state index contributed by atoms with van der Waals surface area (Å²) < 4.78 is 8.09. The highest BCUT2D eigenvalue weighted by atomic mass is 16.5. The van der Waals surface area contributed by atoms with Crippen molar-refractivity contribution in [2.45, 2.75) is 51.9 Å². The molecule has 1 aliphatic heterocycles. The van der Waals surface area contributed by atoms with E-state index >= 15 is 0 Å². The zero-order chi connectivity index (χ0) is 13.9. The van der Waals surface area contributed by atoms with Gasteiger partial charge in [-0.1, -0.05) is 26.0 Å². The largest absolute Gasteiger partial charge is 0.376 e. The van der Waals surface area contributed by atoms with Crippen molar-refractivity contribution in [3.05, 3.63) is 36.0 Å². The molecule has 0 radical (unpaired) electrons. The topological polar surface area (TPSA) is 26.2 Å². The third-order valence-electron chi connectivity index (χ3n) is 4.03. The fraction of sp³-hybridized carbons (Fsp3) is 0.529. The molecule has 0 saturated carbocycles. The second kappa shape index (κ2) is 5.98. The van der Waals surface area contributed by atoms with Gasteiger partial charge in [-0.15, -0.1) is 0 Å². The first kappa shape index (κ1) is 13.7. The van der Waals surface area contributed by atoms with Crippen molar-refractivity contribution >= 4 is 10.9 Å². The summed E-state index contributed by atoms with van der Waals surface area (Å²) in [4.78, 5) is 0. The van der Waals surface area contributed by atoms with E-state index in [0.29, 0.717) is 12.1 Å². The number of rotatable bonds is 5. The number of hydrogen-bond acceptors (Lipinski definition) is 2. The minimum Gasteiger partial charge on any atom is -0.376 e. The molecule has 1 N–H and O–H groups in total. The summed E-state index contributed by atoms with van der Waals surface area (Å²) in [5.74, 6) is 0. The van der Waals surface area contributed by atoms with Gasteiger partial charge in [0.1, 0.15) is 0 Å². The van der Waals surface area contributed by atoms with E-state index in [9.17, 15) is 0 Å². The first-order valence-electron chi connectivity index (χ1n) is 7.66. The summed E-state index contributed by atoms with van der Waals surface area (Å²) in [6.07, 6.45) is 4.98. The average molecular weight is 272 g/mol. The fourth-order valence-corrected chi connectivity index (χ4v) is 2.92. The third kappa shape index (κ3) is 2.89. The molecule has 3 nitrogen and oxygen atoms in total. The van der Waals surface area contributed by atoms with Crippen LogP contribution < -0.4 is 5.32 Å². The normalized spacial score (nSPS) is 19.2. The molecule has 1 aromatic heterocycles. The molecule has 2 heterocycles. The molecule has 0 spiro atoms. The molecule has 108 valence electrons. The van der Waals surface area contributed by atoms with Crippen LogP contribution in [0.3, 0.4) is 0 Å². The molecular formula is C17H24N2O. The Balaban J connectivity index is 1.82. The lowest BCUT2D eigenvalue weighted by molar-refractivity contribution is 0.0980. The van der Waals surface area contributed by atoms with Gasteiger partial charge in [0.15, 0.2) is 0 Å². The van der Waals surface area contributed by atoms with Gasteiger partial charge >= 0.3 is 0 Å². The third-order valence-corrected chi connectivity index (χ3v) is 4.03. The molecule has 2 aromatic rings. The Kier molecular flexibility index (Phi) is 4.08. The van der Waals surface area contributed by atoms with Crippen molar-refractivity contribution in [1.82, 2.24) is 9.88 Å². The molecule has 1 fully saturated rings. The zero-order valence-corrected chi connectivity index (χ0v) is 12.4. The maximum Gasteiger partial charge on any atom is 0.0754 e. The van der Waals surface area contributed by atoms with Crippen LogP contribution in [0.5, 0.6) is 0 Å². The maximum atomic E-state index is 5.75. The first-order chi connectivity index (χ1) is 9.74. The van der Waals surface area contributed by atoms with E-state index in [1.54, 1.807) is 0 Å². The van der Waals surface area contributed by atoms with Gasteiger partial charge in [0.2, 0.25) is 0 Å². The van der Waals surface area contributed by atoms with Crippen molar-refractivity contribution in [2.24, 2.45) is 0 Å². The van der Waals surface area contributed by atoms with Gasteiger partial charge < -0.3 is 14.6 Å². The Labute approximate surface area is 120 Å². The van der Waals surface area contributed by atoms with E-state index in [1.807, 2.05) is 0 Å². The van der Waals surface area contributed by atoms with Gasteiger partial charge in [0.25, 0.3) is 0 Å². The van der Waals surface area contributed by atoms with Crippen molar-refractivity contribution in [3.8, 4) is 0 Å². The van der Waals surface area contributed by atoms with E-state index in [-0.39, 0.29) is 0 Å². The smallest absolute Gasteiger partial charge is 0.0754 e. The summed E-state index contributed by atoms with van der Waals surface area (Å²) in [6, 6.07) is 9.34. The number of aromatic nitrogens is 1. The Hall–Kier alpha value is -1.32. The van der Waals surface area contributed by atoms with Gasteiger partial charge in [0.05, 0.1) is 6.10 Å². The summed E-state index contributed by atoms with van der Waals surface area (Å²) >= 11 is 0. The van der Waals surface area contributed by atoms with Crippen LogP contribution in [0, 0.1) is 0 Å². The van der Waals surface area contributed by atoms with Crippen LogP contribution in [0.25, 0.3) is 10.9 Å². The zero-order valence-electron chi connectivity index (χ0n) is 12.4. The van der Waals surface area contributed by atoms with E-state index in [1.165, 1.54) is 29.3 Å². The van der Waals surface area contributed by atoms with Crippen LogP contribution in [-0.4, -0.2) is 23.3 Å². The van der Waals surface area contributed by atoms with Crippen LogP contribution in [-0.2, 0) is 17.8 Å². The molecule has 1 saturated heterocycles. The molecule has 1 aliphatic rings. The van der Waals surface area contributed by atoms with Crippen molar-refractivity contribution in [1.29, 1.82) is 0 Å². The van der Waals surface area contributed by atoms with E-state index in [0.717, 1.165) is 19.7 Å². The monoisotopic (exact) mass is 272 g/mol. The molecule has 3 rings (SSSR count). The predicted octanol–water partition coefficient (Wildman–Crippen LogP) is 3.32. The summed E-state index contributed by atoms with van der Waals surface area (Å²) in [7, 11) is 0. The Morgan fingerprint density at radius 2 is 2.25 bits per heavy atom. The average Bonchev–Trinajstić information content (AvgIpc) is 3.07. The lowest BCUT2D eigenvalue weighted by Crippen LogP contribution is -2.21. The SMILES string of the molecule is CC(C)NCc1cccc2c1ccn2CC1CCCO1. The van der Waals surface area contributed by atoms with Gasteiger partial charge in [-0.05, 0) is 30.5 Å². The van der Waals surface area contributed by atoms with Crippen LogP contribution in [0.1, 0.15) is 32.3 Å². The number of benzene rings is 1. The fourth-order valence-electron chi connectivity index (χ4n) is 2.92. The quantitative estimate of drug-likeness (QED) is 0.903. The molecular weight excluding hydrogens is 248 g/mol. The maximum absolute atomic E-state index is 5.75. The van der Waals surface area contributed by atoms with E-state index in [2.05, 4.69) is 54.2 Å². The first-order valence-corrected chi connectivity index (χ1v) is 7.66. The number of hydrogen-bond donors (Lipinski definition) is 1. The predicted molar refractivity (Wildman–Crippen MR) is 82.9 cm³/mol. The highest BCUT2D eigenvalue weighted by Crippen LogP contribution is 2.23. The lowest BCUT2D eigenvalue weighted by Gasteiger charge is -2.13. The molecule has 1 atom stereocenters. The van der Waals surface area contributed by atoms with Gasteiger partial charge in [-0.3, -0.25) is 0 Å². The molecule has 0 amide bonds. The van der Waals surface area contributed by atoms with Crippen LogP contribution in [0.15, 0.2) is 30.5 Å². The number of nitrogens with zero attached hydrogens (tertiary/aromatic N) is 1. The van der Waals surface area contributed by atoms with Gasteiger partial charge in [-0.2, -0.15) is 0 Å². The van der Waals surface area contributed by atoms with Crippen molar-refractivity contribution in [2.75, 3.05) is 6.61 Å². The molecule has 20 heavy (non-hydrogen) atoms. The molecule has 1 unspecified atom stereocenters. The van der Waals surface area contributed by atoms with Crippen molar-refractivity contribution < 1.29 is 4.74 Å². The Bertz CT molecular complexity index is 567. The number of nitrogens with one attached hydrogen (secondary N) is 1. The molecule has 3 heteroatoms. The highest BCUT2D eigenvalue weighted by Gasteiger charge is 2.17. The summed E-state index contributed by atoms with van der Waals surface area (Å²) in [5.41, 5.74) is 2.70. The number of ether oxygens (including phenoxy) is 1. The minimum atomic E-state index is 0.392. The Morgan fingerprint density at radius 3 is 3.00 bits per heavy atom. The molecule has 0 aliphatic carbocycles. The molecule has 1 aromatic carbocycles. The van der Waals surface area contributed by atoms with Crippen LogP contribution >= 0.6 is 0 Å². The van der Waals surface area contributed by atoms with Gasteiger partial charge in [0, 0.05) is 42.8 Å². The number of fused-ring (bicyclic) bond motifs is 1. The van der Waals surface area contributed by atoms with Gasteiger partial charge in [-0.25, -0.2) is 0 Å². The lowest BCUT2D eigenvalue weighted by atomic mass is 10.1. The van der Waals surface area contributed by atoms with Crippen LogP contribution in [0.2, 0.25) is 0 Å². The van der Waals surface area contributed by atoms with Crippen LogP contribution in [0.4, 0.5) is 0 Å². The van der Waals surface area contributed by atoms with Crippen molar-refractivity contribution in [3.63, 3.8) is 0 Å². The summed E-state index contributed by atoms with van der Waals surface area (Å²) in [6.45, 7) is 7.20.